The molecule has 3 heteroatoms. The molecular formula is C12H21N3. The number of benzene rings is 1. The first-order chi connectivity index (χ1) is 7.00. The molecule has 0 saturated carbocycles. The maximum atomic E-state index is 5.94. The Morgan fingerprint density at radius 1 is 1.13 bits per heavy atom. The van der Waals surface area contributed by atoms with Crippen molar-refractivity contribution in [2.75, 3.05) is 44.9 Å². The number of nitrogen functional groups attached to an aromatic ring is 1. The van der Waals surface area contributed by atoms with E-state index in [0.29, 0.717) is 0 Å². The van der Waals surface area contributed by atoms with Crippen LogP contribution in [-0.4, -0.2) is 39.1 Å². The molecule has 3 nitrogen and oxygen atoms in total. The molecule has 0 atom stereocenters. The van der Waals surface area contributed by atoms with E-state index in [1.807, 2.05) is 12.1 Å². The van der Waals surface area contributed by atoms with Gasteiger partial charge in [0.1, 0.15) is 0 Å². The van der Waals surface area contributed by atoms with Crippen LogP contribution in [0.1, 0.15) is 5.56 Å². The zero-order valence-corrected chi connectivity index (χ0v) is 10.1. The van der Waals surface area contributed by atoms with Crippen LogP contribution in [-0.2, 0) is 0 Å². The third-order valence-electron chi connectivity index (χ3n) is 2.48. The lowest BCUT2D eigenvalue weighted by Gasteiger charge is -2.23. The monoisotopic (exact) mass is 207 g/mol. The van der Waals surface area contributed by atoms with Crippen molar-refractivity contribution in [1.29, 1.82) is 0 Å². The van der Waals surface area contributed by atoms with E-state index < -0.39 is 0 Å². The van der Waals surface area contributed by atoms with Crippen LogP contribution >= 0.6 is 0 Å². The molecule has 0 aliphatic carbocycles. The van der Waals surface area contributed by atoms with Gasteiger partial charge in [0.05, 0.1) is 11.4 Å². The van der Waals surface area contributed by atoms with Crippen LogP contribution in [0.15, 0.2) is 18.2 Å². The molecule has 15 heavy (non-hydrogen) atoms. The van der Waals surface area contributed by atoms with E-state index in [1.54, 1.807) is 0 Å². The zero-order chi connectivity index (χ0) is 11.4. The van der Waals surface area contributed by atoms with Gasteiger partial charge in [0, 0.05) is 20.1 Å². The Bertz CT molecular complexity index is 321. The summed E-state index contributed by atoms with van der Waals surface area (Å²) in [6.45, 7) is 4.10. The molecule has 84 valence electrons. The number of likely N-dealkylation sites (N-methyl/N-ethyl adjacent to an activating group) is 2. The van der Waals surface area contributed by atoms with Gasteiger partial charge in [-0.25, -0.2) is 0 Å². The largest absolute Gasteiger partial charge is 0.397 e. The molecule has 1 aromatic rings. The van der Waals surface area contributed by atoms with Crippen LogP contribution in [0.25, 0.3) is 0 Å². The van der Waals surface area contributed by atoms with Crippen LogP contribution in [0, 0.1) is 6.92 Å². The number of hydrogen-bond donors (Lipinski definition) is 1. The maximum Gasteiger partial charge on any atom is 0.0600 e. The first kappa shape index (κ1) is 11.9. The second-order valence-corrected chi connectivity index (χ2v) is 4.29. The fourth-order valence-corrected chi connectivity index (χ4v) is 1.45. The SMILES string of the molecule is Cc1ccc(N)c(N(C)CCN(C)C)c1. The molecule has 1 aromatic carbocycles. The quantitative estimate of drug-likeness (QED) is 0.761. The van der Waals surface area contributed by atoms with E-state index in [-0.39, 0.29) is 0 Å². The summed E-state index contributed by atoms with van der Waals surface area (Å²) in [5.74, 6) is 0. The van der Waals surface area contributed by atoms with E-state index in [0.717, 1.165) is 24.5 Å². The minimum atomic E-state index is 0.849. The van der Waals surface area contributed by atoms with Crippen molar-refractivity contribution in [2.45, 2.75) is 6.92 Å². The first-order valence-corrected chi connectivity index (χ1v) is 5.22. The maximum absolute atomic E-state index is 5.94. The molecule has 0 fully saturated rings. The van der Waals surface area contributed by atoms with Crippen molar-refractivity contribution in [3.63, 3.8) is 0 Å². The molecule has 2 N–H and O–H groups in total. The highest BCUT2D eigenvalue weighted by atomic mass is 15.2. The van der Waals surface area contributed by atoms with Gasteiger partial charge in [-0.1, -0.05) is 6.07 Å². The van der Waals surface area contributed by atoms with E-state index >= 15 is 0 Å². The summed E-state index contributed by atoms with van der Waals surface area (Å²) in [6, 6.07) is 6.14. The Kier molecular flexibility index (Phi) is 3.97. The van der Waals surface area contributed by atoms with Crippen LogP contribution in [0.2, 0.25) is 0 Å². The fourth-order valence-electron chi connectivity index (χ4n) is 1.45. The van der Waals surface area contributed by atoms with Crippen molar-refractivity contribution >= 4 is 11.4 Å². The molecule has 0 radical (unpaired) electrons. The van der Waals surface area contributed by atoms with Crippen LogP contribution in [0.5, 0.6) is 0 Å². The highest BCUT2D eigenvalue weighted by Gasteiger charge is 2.05. The third kappa shape index (κ3) is 3.44. The predicted octanol–water partition coefficient (Wildman–Crippen LogP) is 1.58. The lowest BCUT2D eigenvalue weighted by molar-refractivity contribution is 0.416. The normalized spacial score (nSPS) is 10.7. The van der Waals surface area contributed by atoms with Crippen molar-refractivity contribution in [1.82, 2.24) is 4.90 Å². The van der Waals surface area contributed by atoms with Gasteiger partial charge < -0.3 is 15.5 Å². The van der Waals surface area contributed by atoms with Crippen molar-refractivity contribution in [3.05, 3.63) is 23.8 Å². The second kappa shape index (κ2) is 5.03. The third-order valence-corrected chi connectivity index (χ3v) is 2.48. The summed E-state index contributed by atoms with van der Waals surface area (Å²) in [7, 11) is 6.23. The molecule has 0 saturated heterocycles. The lowest BCUT2D eigenvalue weighted by atomic mass is 10.2. The zero-order valence-electron chi connectivity index (χ0n) is 10.1. The van der Waals surface area contributed by atoms with Gasteiger partial charge in [0.2, 0.25) is 0 Å². The van der Waals surface area contributed by atoms with Gasteiger partial charge in [0.15, 0.2) is 0 Å². The van der Waals surface area contributed by atoms with Gasteiger partial charge in [-0.15, -0.1) is 0 Å². The summed E-state index contributed by atoms with van der Waals surface area (Å²) in [6.07, 6.45) is 0. The van der Waals surface area contributed by atoms with Gasteiger partial charge in [0.25, 0.3) is 0 Å². The number of anilines is 2. The molecule has 0 amide bonds. The van der Waals surface area contributed by atoms with E-state index in [1.165, 1.54) is 5.56 Å². The van der Waals surface area contributed by atoms with Gasteiger partial charge in [-0.05, 0) is 38.7 Å². The number of nitrogens with two attached hydrogens (primary N) is 1. The van der Waals surface area contributed by atoms with Crippen LogP contribution < -0.4 is 10.6 Å². The summed E-state index contributed by atoms with van der Waals surface area (Å²) in [5, 5.41) is 0. The molecule has 1 rings (SSSR count). The average Bonchev–Trinajstić information content (AvgIpc) is 2.18. The van der Waals surface area contributed by atoms with E-state index in [2.05, 4.69) is 43.9 Å². The molecule has 0 unspecified atom stereocenters. The molecular weight excluding hydrogens is 186 g/mol. The number of hydrogen-bond acceptors (Lipinski definition) is 3. The van der Waals surface area contributed by atoms with E-state index in [9.17, 15) is 0 Å². The standard InChI is InChI=1S/C12H21N3/c1-10-5-6-11(13)12(9-10)15(4)8-7-14(2)3/h5-6,9H,7-8,13H2,1-4H3. The number of rotatable bonds is 4. The van der Waals surface area contributed by atoms with Crippen molar-refractivity contribution in [3.8, 4) is 0 Å². The van der Waals surface area contributed by atoms with Crippen LogP contribution in [0.3, 0.4) is 0 Å². The number of aryl methyl sites for hydroxylation is 1. The topological polar surface area (TPSA) is 32.5 Å². The average molecular weight is 207 g/mol. The Hall–Kier alpha value is -1.22. The first-order valence-electron chi connectivity index (χ1n) is 5.22. The molecule has 0 spiro atoms. The van der Waals surface area contributed by atoms with Crippen LogP contribution in [0.4, 0.5) is 11.4 Å². The summed E-state index contributed by atoms with van der Waals surface area (Å²) in [4.78, 5) is 4.37. The Morgan fingerprint density at radius 2 is 1.80 bits per heavy atom. The fraction of sp³-hybridized carbons (Fsp3) is 0.500. The summed E-state index contributed by atoms with van der Waals surface area (Å²) < 4.78 is 0. The minimum absolute atomic E-state index is 0.849. The molecule has 0 bridgehead atoms. The summed E-state index contributed by atoms with van der Waals surface area (Å²) >= 11 is 0. The second-order valence-electron chi connectivity index (χ2n) is 4.29. The molecule has 0 heterocycles. The molecule has 0 aliphatic rings. The molecule has 0 aromatic heterocycles. The highest BCUT2D eigenvalue weighted by molar-refractivity contribution is 5.68. The van der Waals surface area contributed by atoms with E-state index in [4.69, 9.17) is 5.73 Å². The minimum Gasteiger partial charge on any atom is -0.397 e. The Balaban J connectivity index is 2.72. The van der Waals surface area contributed by atoms with Crippen molar-refractivity contribution in [2.24, 2.45) is 0 Å². The lowest BCUT2D eigenvalue weighted by Crippen LogP contribution is -2.28. The predicted molar refractivity (Wildman–Crippen MR) is 67.4 cm³/mol. The highest BCUT2D eigenvalue weighted by Crippen LogP contribution is 2.22. The van der Waals surface area contributed by atoms with Gasteiger partial charge >= 0.3 is 0 Å². The Morgan fingerprint density at radius 3 is 2.40 bits per heavy atom. The van der Waals surface area contributed by atoms with Crippen molar-refractivity contribution < 1.29 is 0 Å². The molecule has 0 aliphatic heterocycles. The van der Waals surface area contributed by atoms with Gasteiger partial charge in [-0.2, -0.15) is 0 Å². The summed E-state index contributed by atoms with van der Waals surface area (Å²) in [5.41, 5.74) is 9.16. The van der Waals surface area contributed by atoms with Gasteiger partial charge in [-0.3, -0.25) is 0 Å². The smallest absolute Gasteiger partial charge is 0.0600 e. The Labute approximate surface area is 92.5 Å². The number of nitrogens with zero attached hydrogens (tertiary/aromatic N) is 2.